The highest BCUT2D eigenvalue weighted by molar-refractivity contribution is 6.19. The first kappa shape index (κ1) is 21.5. The lowest BCUT2D eigenvalue weighted by atomic mass is 9.99. The summed E-state index contributed by atoms with van der Waals surface area (Å²) in [6, 6.07) is 15.2. The van der Waals surface area contributed by atoms with Crippen LogP contribution in [0.15, 0.2) is 77.9 Å². The molecule has 2 aromatic carbocycles. The number of aromatic nitrogens is 1. The Labute approximate surface area is 184 Å². The lowest BCUT2D eigenvalue weighted by molar-refractivity contribution is 0.0912. The lowest BCUT2D eigenvalue weighted by Crippen LogP contribution is -2.40. The van der Waals surface area contributed by atoms with E-state index in [1.54, 1.807) is 42.6 Å². The molecule has 1 amide bonds. The molecule has 5 nitrogen and oxygen atoms in total. The van der Waals surface area contributed by atoms with Gasteiger partial charge in [-0.3, -0.25) is 14.8 Å². The van der Waals surface area contributed by atoms with Crippen molar-refractivity contribution in [2.75, 3.05) is 13.2 Å². The minimum atomic E-state index is -0.680. The highest BCUT2D eigenvalue weighted by Gasteiger charge is 2.24. The van der Waals surface area contributed by atoms with Gasteiger partial charge in [-0.25, -0.2) is 8.78 Å². The first-order valence-electron chi connectivity index (χ1n) is 10.2. The number of benzene rings is 2. The van der Waals surface area contributed by atoms with Gasteiger partial charge >= 0.3 is 0 Å². The first-order chi connectivity index (χ1) is 15.5. The molecule has 0 spiro atoms. The van der Waals surface area contributed by atoms with E-state index in [0.717, 1.165) is 11.1 Å². The quantitative estimate of drug-likeness (QED) is 0.598. The molecule has 0 unspecified atom stereocenters. The molecule has 4 rings (SSSR count). The Morgan fingerprint density at radius 1 is 1.06 bits per heavy atom. The van der Waals surface area contributed by atoms with Gasteiger partial charge in [-0.1, -0.05) is 30.3 Å². The van der Waals surface area contributed by atoms with Crippen molar-refractivity contribution in [1.82, 2.24) is 10.3 Å². The zero-order chi connectivity index (χ0) is 22.5. The van der Waals surface area contributed by atoms with Crippen LogP contribution in [0.5, 0.6) is 0 Å². The molecule has 1 atom stereocenters. The molecule has 1 aliphatic heterocycles. The van der Waals surface area contributed by atoms with E-state index in [-0.39, 0.29) is 18.0 Å². The Balaban J connectivity index is 1.58. The fourth-order valence-corrected chi connectivity index (χ4v) is 3.59. The van der Waals surface area contributed by atoms with E-state index < -0.39 is 17.8 Å². The summed E-state index contributed by atoms with van der Waals surface area (Å²) >= 11 is 0. The summed E-state index contributed by atoms with van der Waals surface area (Å²) in [6.07, 6.45) is 3.71. The van der Waals surface area contributed by atoms with Gasteiger partial charge in [0.05, 0.1) is 30.5 Å². The van der Waals surface area contributed by atoms with Crippen molar-refractivity contribution in [3.05, 3.63) is 107 Å². The molecule has 0 saturated heterocycles. The molecule has 0 saturated carbocycles. The molecule has 0 bridgehead atoms. The van der Waals surface area contributed by atoms with Gasteiger partial charge in [0.2, 0.25) is 0 Å². The van der Waals surface area contributed by atoms with Gasteiger partial charge in [0.25, 0.3) is 5.91 Å². The van der Waals surface area contributed by atoms with E-state index in [0.29, 0.717) is 29.9 Å². The number of aliphatic imine (C=N–C) groups is 1. The van der Waals surface area contributed by atoms with Gasteiger partial charge in [0.1, 0.15) is 11.6 Å². The van der Waals surface area contributed by atoms with E-state index >= 15 is 0 Å². The van der Waals surface area contributed by atoms with E-state index in [1.807, 2.05) is 6.07 Å². The second-order valence-electron chi connectivity index (χ2n) is 7.42. The van der Waals surface area contributed by atoms with Gasteiger partial charge in [-0.15, -0.1) is 0 Å². The number of aliphatic hydroxyl groups is 1. The molecule has 32 heavy (non-hydrogen) atoms. The molecule has 1 aliphatic rings. The summed E-state index contributed by atoms with van der Waals surface area (Å²) in [4.78, 5) is 21.7. The SMILES string of the molecule is O=C(N[C@@H](CO)Cc1ccccn1)c1c(F)cccc1C1=NCC(c2ccc(F)cc2)=C1. The lowest BCUT2D eigenvalue weighted by Gasteiger charge is -2.17. The molecular weight excluding hydrogens is 412 g/mol. The molecule has 3 aromatic rings. The van der Waals surface area contributed by atoms with Crippen molar-refractivity contribution in [3.8, 4) is 0 Å². The first-order valence-corrected chi connectivity index (χ1v) is 10.2. The number of nitrogens with one attached hydrogen (secondary N) is 1. The highest BCUT2D eigenvalue weighted by Crippen LogP contribution is 2.24. The summed E-state index contributed by atoms with van der Waals surface area (Å²) < 4.78 is 28.0. The molecule has 0 radical (unpaired) electrons. The Morgan fingerprint density at radius 3 is 2.59 bits per heavy atom. The zero-order valence-corrected chi connectivity index (χ0v) is 17.1. The van der Waals surface area contributed by atoms with Gasteiger partial charge in [-0.2, -0.15) is 0 Å². The van der Waals surface area contributed by atoms with Crippen LogP contribution in [0.2, 0.25) is 0 Å². The van der Waals surface area contributed by atoms with Crippen molar-refractivity contribution in [1.29, 1.82) is 0 Å². The van der Waals surface area contributed by atoms with Crippen LogP contribution in [-0.2, 0) is 6.42 Å². The fraction of sp³-hybridized carbons (Fsp3) is 0.160. The third-order valence-corrected chi connectivity index (χ3v) is 5.20. The van der Waals surface area contributed by atoms with Crippen LogP contribution in [-0.4, -0.2) is 40.9 Å². The summed E-state index contributed by atoms with van der Waals surface area (Å²) in [5.74, 6) is -1.65. The summed E-state index contributed by atoms with van der Waals surface area (Å²) in [5.41, 5.74) is 3.05. The van der Waals surface area contributed by atoms with Crippen molar-refractivity contribution in [2.24, 2.45) is 4.99 Å². The third kappa shape index (κ3) is 4.78. The van der Waals surface area contributed by atoms with Crippen LogP contribution in [0.25, 0.3) is 5.57 Å². The van der Waals surface area contributed by atoms with E-state index in [2.05, 4.69) is 15.3 Å². The number of pyridine rings is 1. The molecule has 7 heteroatoms. The zero-order valence-electron chi connectivity index (χ0n) is 17.1. The Hall–Kier alpha value is -3.71. The standard InChI is InChI=1S/C25H21F2N3O2/c26-18-9-7-16(8-10-18)17-12-23(29-14-17)21-5-3-6-22(27)24(21)25(32)30-20(15-31)13-19-4-1-2-11-28-19/h1-12,20,31H,13-15H2,(H,30,32)/t20-/m1/s1. The predicted octanol–water partition coefficient (Wildman–Crippen LogP) is 3.58. The van der Waals surface area contributed by atoms with Crippen molar-refractivity contribution in [2.45, 2.75) is 12.5 Å². The summed E-state index contributed by atoms with van der Waals surface area (Å²) in [6.45, 7) is 0.0269. The van der Waals surface area contributed by atoms with Crippen LogP contribution in [0, 0.1) is 11.6 Å². The molecule has 0 aliphatic carbocycles. The van der Waals surface area contributed by atoms with Crippen molar-refractivity contribution < 1.29 is 18.7 Å². The number of allylic oxidation sites excluding steroid dienone is 1. The van der Waals surface area contributed by atoms with Gasteiger partial charge < -0.3 is 10.4 Å². The number of hydrogen-bond donors (Lipinski definition) is 2. The average molecular weight is 433 g/mol. The molecule has 1 aromatic heterocycles. The second kappa shape index (κ2) is 9.62. The van der Waals surface area contributed by atoms with Gasteiger partial charge in [-0.05, 0) is 47.5 Å². The van der Waals surface area contributed by atoms with Crippen LogP contribution in [0.4, 0.5) is 8.78 Å². The smallest absolute Gasteiger partial charge is 0.255 e. The van der Waals surface area contributed by atoms with Crippen LogP contribution in [0.1, 0.15) is 27.2 Å². The summed E-state index contributed by atoms with van der Waals surface area (Å²) in [5, 5.41) is 12.4. The molecular formula is C25H21F2N3O2. The Kier molecular flexibility index (Phi) is 6.47. The minimum absolute atomic E-state index is 0.137. The molecule has 2 N–H and O–H groups in total. The van der Waals surface area contributed by atoms with Crippen LogP contribution >= 0.6 is 0 Å². The van der Waals surface area contributed by atoms with Crippen LogP contribution in [0.3, 0.4) is 0 Å². The second-order valence-corrected chi connectivity index (χ2v) is 7.42. The number of rotatable bonds is 7. The number of halogens is 2. The van der Waals surface area contributed by atoms with Crippen LogP contribution < -0.4 is 5.32 Å². The van der Waals surface area contributed by atoms with Crippen molar-refractivity contribution in [3.63, 3.8) is 0 Å². The number of hydrogen-bond acceptors (Lipinski definition) is 4. The third-order valence-electron chi connectivity index (χ3n) is 5.20. The average Bonchev–Trinajstić information content (AvgIpc) is 3.29. The molecule has 162 valence electrons. The monoisotopic (exact) mass is 433 g/mol. The van der Waals surface area contributed by atoms with Gasteiger partial charge in [0.15, 0.2) is 0 Å². The number of carbonyl (C=O) groups excluding carboxylic acids is 1. The maximum Gasteiger partial charge on any atom is 0.255 e. The van der Waals surface area contributed by atoms with Crippen molar-refractivity contribution >= 4 is 17.2 Å². The minimum Gasteiger partial charge on any atom is -0.394 e. The van der Waals surface area contributed by atoms with E-state index in [1.165, 1.54) is 24.3 Å². The maximum absolute atomic E-state index is 14.7. The Morgan fingerprint density at radius 2 is 1.88 bits per heavy atom. The van der Waals surface area contributed by atoms with Gasteiger partial charge in [0, 0.05) is 23.9 Å². The fourth-order valence-electron chi connectivity index (χ4n) is 3.59. The maximum atomic E-state index is 14.7. The predicted molar refractivity (Wildman–Crippen MR) is 118 cm³/mol. The molecule has 2 heterocycles. The van der Waals surface area contributed by atoms with E-state index in [9.17, 15) is 18.7 Å². The molecule has 0 fully saturated rings. The number of nitrogens with zero attached hydrogens (tertiary/aromatic N) is 2. The number of amides is 1. The largest absolute Gasteiger partial charge is 0.394 e. The summed E-state index contributed by atoms with van der Waals surface area (Å²) in [7, 11) is 0. The Bertz CT molecular complexity index is 1180. The van der Waals surface area contributed by atoms with E-state index in [4.69, 9.17) is 0 Å². The topological polar surface area (TPSA) is 74.6 Å². The number of aliphatic hydroxyl groups excluding tert-OH is 1. The highest BCUT2D eigenvalue weighted by atomic mass is 19.1. The normalized spacial score (nSPS) is 14.0. The number of carbonyl (C=O) groups is 1.